The van der Waals surface area contributed by atoms with Crippen LogP contribution in [0.4, 0.5) is 0 Å². The Morgan fingerprint density at radius 2 is 1.89 bits per heavy atom. The van der Waals surface area contributed by atoms with Crippen LogP contribution < -0.4 is 5.73 Å². The first-order chi connectivity index (χ1) is 8.42. The molecule has 0 aliphatic rings. The van der Waals surface area contributed by atoms with Crippen LogP contribution in [0, 0.1) is 0 Å². The first-order valence-corrected chi connectivity index (χ1v) is 7.05. The molecule has 0 amide bonds. The van der Waals surface area contributed by atoms with Gasteiger partial charge >= 0.3 is 0 Å². The highest BCUT2D eigenvalue weighted by atomic mass is 32.2. The fourth-order valence-electron chi connectivity index (χ4n) is 1.47. The van der Waals surface area contributed by atoms with Crippen LogP contribution in [-0.4, -0.2) is 37.0 Å². The van der Waals surface area contributed by atoms with Gasteiger partial charge in [0.05, 0.1) is 29.4 Å². The third kappa shape index (κ3) is 3.39. The third-order valence-electron chi connectivity index (χ3n) is 2.53. The predicted octanol–water partition coefficient (Wildman–Crippen LogP) is -0.000700. The van der Waals surface area contributed by atoms with Crippen LogP contribution in [0.3, 0.4) is 0 Å². The van der Waals surface area contributed by atoms with Gasteiger partial charge in [0.2, 0.25) is 0 Å². The average molecular weight is 271 g/mol. The summed E-state index contributed by atoms with van der Waals surface area (Å²) in [4.78, 5) is 0.163. The van der Waals surface area contributed by atoms with E-state index in [1.54, 1.807) is 0 Å². The molecule has 100 valence electrons. The zero-order valence-electron chi connectivity index (χ0n) is 9.86. The summed E-state index contributed by atoms with van der Waals surface area (Å²) >= 11 is 0. The van der Waals surface area contributed by atoms with Gasteiger partial charge in [-0.25, -0.2) is 8.42 Å². The van der Waals surface area contributed by atoms with Crippen LogP contribution >= 0.6 is 0 Å². The number of sulfone groups is 1. The Kier molecular flexibility index (Phi) is 5.03. The van der Waals surface area contributed by atoms with Gasteiger partial charge in [-0.05, 0) is 17.7 Å². The number of benzene rings is 1. The molecule has 0 saturated carbocycles. The maximum absolute atomic E-state index is 11.7. The lowest BCUT2D eigenvalue weighted by molar-refractivity contribution is 0.109. The smallest absolute Gasteiger partial charge is 0.181 e. The second kappa shape index (κ2) is 6.10. The van der Waals surface area contributed by atoms with E-state index >= 15 is 0 Å². The standard InChI is InChI=1S/C12H17NO4S/c1-2-7-18(16,17)10-5-3-9(4-6-10)12(15)11(13)8-14/h2-6,11-12,14-15H,1,7-8,13H2. The molecule has 18 heavy (non-hydrogen) atoms. The van der Waals surface area contributed by atoms with Gasteiger partial charge in [-0.1, -0.05) is 18.2 Å². The van der Waals surface area contributed by atoms with E-state index in [0.717, 1.165) is 0 Å². The number of nitrogens with two attached hydrogens (primary N) is 1. The summed E-state index contributed by atoms with van der Waals surface area (Å²) in [6, 6.07) is 4.98. The van der Waals surface area contributed by atoms with E-state index in [9.17, 15) is 13.5 Å². The molecular weight excluding hydrogens is 254 g/mol. The molecule has 0 heterocycles. The van der Waals surface area contributed by atoms with Crippen molar-refractivity contribution in [2.45, 2.75) is 17.0 Å². The summed E-state index contributed by atoms with van der Waals surface area (Å²) < 4.78 is 23.4. The summed E-state index contributed by atoms with van der Waals surface area (Å²) in [7, 11) is -3.36. The maximum Gasteiger partial charge on any atom is 0.181 e. The predicted molar refractivity (Wildman–Crippen MR) is 68.7 cm³/mol. The molecule has 6 heteroatoms. The molecule has 0 spiro atoms. The van der Waals surface area contributed by atoms with Gasteiger partial charge < -0.3 is 15.9 Å². The van der Waals surface area contributed by atoms with Crippen molar-refractivity contribution in [1.29, 1.82) is 0 Å². The van der Waals surface area contributed by atoms with E-state index in [4.69, 9.17) is 10.8 Å². The lowest BCUT2D eigenvalue weighted by Gasteiger charge is -2.17. The highest BCUT2D eigenvalue weighted by Gasteiger charge is 2.17. The van der Waals surface area contributed by atoms with Crippen molar-refractivity contribution in [3.63, 3.8) is 0 Å². The van der Waals surface area contributed by atoms with Crippen molar-refractivity contribution in [1.82, 2.24) is 0 Å². The number of aliphatic hydroxyl groups is 2. The van der Waals surface area contributed by atoms with Crippen molar-refractivity contribution < 1.29 is 18.6 Å². The van der Waals surface area contributed by atoms with Gasteiger partial charge in [-0.3, -0.25) is 0 Å². The lowest BCUT2D eigenvalue weighted by atomic mass is 10.0. The molecule has 1 rings (SSSR count). The van der Waals surface area contributed by atoms with Crippen molar-refractivity contribution in [3.8, 4) is 0 Å². The van der Waals surface area contributed by atoms with Gasteiger partial charge in [0.15, 0.2) is 9.84 Å². The Hall–Kier alpha value is -1.21. The van der Waals surface area contributed by atoms with Gasteiger partial charge in [0.25, 0.3) is 0 Å². The molecule has 0 aromatic heterocycles. The Morgan fingerprint density at radius 1 is 1.33 bits per heavy atom. The van der Waals surface area contributed by atoms with Crippen LogP contribution in [-0.2, 0) is 9.84 Å². The number of hydrogen-bond acceptors (Lipinski definition) is 5. The minimum absolute atomic E-state index is 0.134. The highest BCUT2D eigenvalue weighted by molar-refractivity contribution is 7.91. The van der Waals surface area contributed by atoms with Crippen molar-refractivity contribution in [2.24, 2.45) is 5.73 Å². The summed E-state index contributed by atoms with van der Waals surface area (Å²) in [5.41, 5.74) is 5.96. The Labute approximate surface area is 106 Å². The van der Waals surface area contributed by atoms with Gasteiger partial charge in [-0.2, -0.15) is 0 Å². The molecule has 4 N–H and O–H groups in total. The van der Waals surface area contributed by atoms with Crippen LogP contribution in [0.1, 0.15) is 11.7 Å². The first kappa shape index (κ1) is 14.8. The summed E-state index contributed by atoms with van der Waals surface area (Å²) in [5.74, 6) is -0.134. The highest BCUT2D eigenvalue weighted by Crippen LogP contribution is 2.19. The van der Waals surface area contributed by atoms with Crippen LogP contribution in [0.2, 0.25) is 0 Å². The second-order valence-corrected chi connectivity index (χ2v) is 5.96. The number of aliphatic hydroxyl groups excluding tert-OH is 2. The Morgan fingerprint density at radius 3 is 2.33 bits per heavy atom. The van der Waals surface area contributed by atoms with E-state index in [0.29, 0.717) is 5.56 Å². The van der Waals surface area contributed by atoms with Crippen LogP contribution in [0.15, 0.2) is 41.8 Å². The van der Waals surface area contributed by atoms with E-state index < -0.39 is 22.0 Å². The van der Waals surface area contributed by atoms with E-state index in [1.165, 1.54) is 30.3 Å². The molecule has 0 radical (unpaired) electrons. The third-order valence-corrected chi connectivity index (χ3v) is 4.20. The minimum atomic E-state index is -3.36. The van der Waals surface area contributed by atoms with E-state index in [2.05, 4.69) is 6.58 Å². The maximum atomic E-state index is 11.7. The van der Waals surface area contributed by atoms with Crippen LogP contribution in [0.25, 0.3) is 0 Å². The lowest BCUT2D eigenvalue weighted by Crippen LogP contribution is -2.31. The zero-order valence-corrected chi connectivity index (χ0v) is 10.7. The molecule has 0 saturated heterocycles. The normalized spacial score (nSPS) is 15.1. The molecule has 1 aromatic carbocycles. The minimum Gasteiger partial charge on any atom is -0.395 e. The Bertz CT molecular complexity index is 495. The monoisotopic (exact) mass is 271 g/mol. The number of hydrogen-bond donors (Lipinski definition) is 3. The van der Waals surface area contributed by atoms with Gasteiger partial charge in [0.1, 0.15) is 0 Å². The SMILES string of the molecule is C=CCS(=O)(=O)c1ccc(C(O)C(N)CO)cc1. The van der Waals surface area contributed by atoms with Crippen molar-refractivity contribution in [2.75, 3.05) is 12.4 Å². The molecule has 5 nitrogen and oxygen atoms in total. The fourth-order valence-corrected chi connectivity index (χ4v) is 2.52. The molecule has 0 bridgehead atoms. The second-order valence-electron chi connectivity index (χ2n) is 3.93. The fraction of sp³-hybridized carbons (Fsp3) is 0.333. The Balaban J connectivity index is 2.96. The molecule has 2 atom stereocenters. The van der Waals surface area contributed by atoms with E-state index in [1.807, 2.05) is 0 Å². The molecule has 1 aromatic rings. The molecular formula is C12H17NO4S. The summed E-state index contributed by atoms with van der Waals surface area (Å²) in [6.07, 6.45) is 0.297. The summed E-state index contributed by atoms with van der Waals surface area (Å²) in [6.45, 7) is 3.04. The average Bonchev–Trinajstić information content (AvgIpc) is 2.37. The summed E-state index contributed by atoms with van der Waals surface area (Å²) in [5, 5.41) is 18.6. The molecule has 0 fully saturated rings. The molecule has 0 aliphatic carbocycles. The zero-order chi connectivity index (χ0) is 13.8. The topological polar surface area (TPSA) is 101 Å². The van der Waals surface area contributed by atoms with Crippen molar-refractivity contribution in [3.05, 3.63) is 42.5 Å². The van der Waals surface area contributed by atoms with Gasteiger partial charge in [0, 0.05) is 0 Å². The largest absolute Gasteiger partial charge is 0.395 e. The van der Waals surface area contributed by atoms with Gasteiger partial charge in [-0.15, -0.1) is 6.58 Å². The number of rotatable bonds is 6. The van der Waals surface area contributed by atoms with Crippen molar-refractivity contribution >= 4 is 9.84 Å². The van der Waals surface area contributed by atoms with E-state index in [-0.39, 0.29) is 17.3 Å². The molecule has 2 unspecified atom stereocenters. The first-order valence-electron chi connectivity index (χ1n) is 5.40. The quantitative estimate of drug-likeness (QED) is 0.632. The molecule has 0 aliphatic heterocycles. The van der Waals surface area contributed by atoms with Crippen LogP contribution in [0.5, 0.6) is 0 Å².